The molecule has 1 aromatic rings. The first-order chi connectivity index (χ1) is 6.67. The van der Waals surface area contributed by atoms with E-state index >= 15 is 0 Å². The Hall–Kier alpha value is -0.570. The third-order valence-corrected chi connectivity index (χ3v) is 2.49. The molecule has 0 fully saturated rings. The normalized spacial score (nSPS) is 10.2. The van der Waals surface area contributed by atoms with Crippen LogP contribution in [0, 0.1) is 0 Å². The van der Waals surface area contributed by atoms with E-state index in [2.05, 4.69) is 0 Å². The van der Waals surface area contributed by atoms with Crippen LogP contribution < -0.4 is 0 Å². The first kappa shape index (κ1) is 11.5. The van der Waals surface area contributed by atoms with Crippen molar-refractivity contribution in [2.24, 2.45) is 0 Å². The summed E-state index contributed by atoms with van der Waals surface area (Å²) in [6.45, 7) is -0.0947. The highest BCUT2D eigenvalue weighted by molar-refractivity contribution is 6.31. The number of benzene rings is 1. The summed E-state index contributed by atoms with van der Waals surface area (Å²) in [5, 5.41) is 9.34. The number of carbonyl (C=O) groups excluding carboxylic acids is 1. The molecule has 0 atom stereocenters. The van der Waals surface area contributed by atoms with Crippen molar-refractivity contribution in [3.05, 3.63) is 34.3 Å². The van der Waals surface area contributed by atoms with Crippen LogP contribution in [0.2, 0.25) is 5.02 Å². The fourth-order valence-corrected chi connectivity index (χ4v) is 1.46. The zero-order chi connectivity index (χ0) is 10.6. The molecule has 2 nitrogen and oxygen atoms in total. The quantitative estimate of drug-likeness (QED) is 0.809. The summed E-state index contributed by atoms with van der Waals surface area (Å²) in [7, 11) is 0. The van der Waals surface area contributed by atoms with Crippen molar-refractivity contribution >= 4 is 29.0 Å². The summed E-state index contributed by atoms with van der Waals surface area (Å²) in [6.07, 6.45) is 0.287. The Morgan fingerprint density at radius 2 is 2.14 bits per heavy atom. The molecule has 0 bridgehead atoms. The summed E-state index contributed by atoms with van der Waals surface area (Å²) in [5.74, 6) is -0.0289. The minimum absolute atomic E-state index is 0.0133. The number of aliphatic hydroxyl groups is 1. The summed E-state index contributed by atoms with van der Waals surface area (Å²) >= 11 is 11.2. The number of carbonyl (C=O) groups is 1. The number of aliphatic hydroxyl groups excluding tert-OH is 1. The van der Waals surface area contributed by atoms with Crippen LogP contribution >= 0.6 is 23.2 Å². The topological polar surface area (TPSA) is 37.3 Å². The fraction of sp³-hybridized carbons (Fsp3) is 0.300. The molecular formula is C10H10Cl2O2. The van der Waals surface area contributed by atoms with Crippen LogP contribution in [0.3, 0.4) is 0 Å². The highest BCUT2D eigenvalue weighted by Gasteiger charge is 2.04. The van der Waals surface area contributed by atoms with Gasteiger partial charge in [-0.25, -0.2) is 0 Å². The number of ketones is 1. The predicted octanol–water partition coefficient (Wildman–Crippen LogP) is 2.18. The second kappa shape index (κ2) is 5.35. The number of hydrogen-bond acceptors (Lipinski definition) is 2. The van der Waals surface area contributed by atoms with E-state index in [1.54, 1.807) is 18.2 Å². The Bertz CT molecular complexity index is 337. The van der Waals surface area contributed by atoms with Crippen LogP contribution in [-0.4, -0.2) is 16.8 Å². The molecule has 0 aliphatic rings. The Morgan fingerprint density at radius 1 is 1.43 bits per heavy atom. The molecule has 0 amide bonds. The van der Waals surface area contributed by atoms with Gasteiger partial charge in [-0.2, -0.15) is 0 Å². The van der Waals surface area contributed by atoms with Gasteiger partial charge in [-0.15, -0.1) is 11.6 Å². The molecule has 14 heavy (non-hydrogen) atoms. The minimum Gasteiger partial charge on any atom is -0.392 e. The molecular weight excluding hydrogens is 223 g/mol. The molecule has 0 aromatic heterocycles. The smallest absolute Gasteiger partial charge is 0.151 e. The van der Waals surface area contributed by atoms with E-state index in [0.29, 0.717) is 10.6 Å². The highest BCUT2D eigenvalue weighted by Crippen LogP contribution is 2.18. The van der Waals surface area contributed by atoms with Crippen LogP contribution in [0.15, 0.2) is 18.2 Å². The minimum atomic E-state index is -0.0947. The highest BCUT2D eigenvalue weighted by atomic mass is 35.5. The Labute approximate surface area is 92.5 Å². The number of rotatable bonds is 4. The number of hydrogen-bond donors (Lipinski definition) is 1. The van der Waals surface area contributed by atoms with Gasteiger partial charge in [-0.1, -0.05) is 23.7 Å². The maximum absolute atomic E-state index is 11.0. The van der Waals surface area contributed by atoms with E-state index in [-0.39, 0.29) is 24.7 Å². The molecule has 0 aliphatic carbocycles. The van der Waals surface area contributed by atoms with Gasteiger partial charge in [0.2, 0.25) is 0 Å². The van der Waals surface area contributed by atoms with Crippen LogP contribution in [-0.2, 0) is 17.8 Å². The molecule has 76 valence electrons. The van der Waals surface area contributed by atoms with Crippen LogP contribution in [0.5, 0.6) is 0 Å². The van der Waals surface area contributed by atoms with Gasteiger partial charge in [0.15, 0.2) is 5.78 Å². The Kier molecular flexibility index (Phi) is 4.39. The standard InChI is InChI=1S/C10H10Cl2O2/c11-5-9(14)3-7-1-2-8(6-13)10(12)4-7/h1-2,4,13H,3,5-6H2. The van der Waals surface area contributed by atoms with Crippen molar-refractivity contribution in [3.8, 4) is 0 Å². The van der Waals surface area contributed by atoms with Crippen molar-refractivity contribution in [3.63, 3.8) is 0 Å². The van der Waals surface area contributed by atoms with Crippen LogP contribution in [0.1, 0.15) is 11.1 Å². The summed E-state index contributed by atoms with van der Waals surface area (Å²) in [4.78, 5) is 11.0. The van der Waals surface area contributed by atoms with Gasteiger partial charge >= 0.3 is 0 Å². The van der Waals surface area contributed by atoms with Gasteiger partial charge in [0.05, 0.1) is 12.5 Å². The zero-order valence-corrected chi connectivity index (χ0v) is 8.98. The van der Waals surface area contributed by atoms with Crippen molar-refractivity contribution in [2.75, 3.05) is 5.88 Å². The molecule has 1 rings (SSSR count). The summed E-state index contributed by atoms with van der Waals surface area (Å²) in [5.41, 5.74) is 1.48. The van der Waals surface area contributed by atoms with Gasteiger partial charge in [0, 0.05) is 11.4 Å². The molecule has 0 spiro atoms. The molecule has 0 saturated carbocycles. The average Bonchev–Trinajstić information content (AvgIpc) is 2.18. The molecule has 0 radical (unpaired) electrons. The first-order valence-corrected chi connectivity index (χ1v) is 5.04. The maximum atomic E-state index is 11.0. The van der Waals surface area contributed by atoms with Gasteiger partial charge in [0.25, 0.3) is 0 Å². The van der Waals surface area contributed by atoms with Gasteiger partial charge in [0.1, 0.15) is 0 Å². The lowest BCUT2D eigenvalue weighted by atomic mass is 10.1. The lowest BCUT2D eigenvalue weighted by Crippen LogP contribution is -2.03. The fourth-order valence-electron chi connectivity index (χ4n) is 1.10. The number of alkyl halides is 1. The van der Waals surface area contributed by atoms with E-state index in [9.17, 15) is 4.79 Å². The molecule has 0 aliphatic heterocycles. The third kappa shape index (κ3) is 2.98. The second-order valence-corrected chi connectivity index (χ2v) is 3.61. The van der Waals surface area contributed by atoms with Gasteiger partial charge < -0.3 is 5.11 Å². The SMILES string of the molecule is O=C(CCl)Cc1ccc(CO)c(Cl)c1. The monoisotopic (exact) mass is 232 g/mol. The van der Waals surface area contributed by atoms with E-state index < -0.39 is 0 Å². The average molecular weight is 233 g/mol. The zero-order valence-electron chi connectivity index (χ0n) is 7.46. The lowest BCUT2D eigenvalue weighted by molar-refractivity contribution is -0.116. The van der Waals surface area contributed by atoms with Crippen molar-refractivity contribution in [1.29, 1.82) is 0 Å². The van der Waals surface area contributed by atoms with E-state index in [4.69, 9.17) is 28.3 Å². The van der Waals surface area contributed by atoms with Crippen molar-refractivity contribution in [1.82, 2.24) is 0 Å². The van der Waals surface area contributed by atoms with Gasteiger partial charge in [-0.3, -0.25) is 4.79 Å². The first-order valence-electron chi connectivity index (χ1n) is 4.13. The van der Waals surface area contributed by atoms with E-state index in [1.807, 2.05) is 0 Å². The van der Waals surface area contributed by atoms with Gasteiger partial charge in [-0.05, 0) is 17.2 Å². The number of Topliss-reactive ketones (excluding diaryl/α,β-unsaturated/α-hetero) is 1. The second-order valence-electron chi connectivity index (χ2n) is 2.93. The Morgan fingerprint density at radius 3 is 2.64 bits per heavy atom. The molecule has 0 saturated heterocycles. The lowest BCUT2D eigenvalue weighted by Gasteiger charge is -2.03. The maximum Gasteiger partial charge on any atom is 0.151 e. The molecule has 1 aromatic carbocycles. The van der Waals surface area contributed by atoms with Crippen molar-refractivity contribution in [2.45, 2.75) is 13.0 Å². The molecule has 4 heteroatoms. The Balaban J connectivity index is 2.81. The third-order valence-electron chi connectivity index (χ3n) is 1.84. The van der Waals surface area contributed by atoms with Crippen molar-refractivity contribution < 1.29 is 9.90 Å². The molecule has 0 heterocycles. The van der Waals surface area contributed by atoms with Crippen LogP contribution in [0.4, 0.5) is 0 Å². The summed E-state index contributed by atoms with van der Waals surface area (Å²) < 4.78 is 0. The molecule has 1 N–H and O–H groups in total. The number of halogens is 2. The van der Waals surface area contributed by atoms with Crippen LogP contribution in [0.25, 0.3) is 0 Å². The largest absolute Gasteiger partial charge is 0.392 e. The molecule has 0 unspecified atom stereocenters. The predicted molar refractivity (Wildman–Crippen MR) is 56.8 cm³/mol. The van der Waals surface area contributed by atoms with E-state index in [0.717, 1.165) is 5.56 Å². The summed E-state index contributed by atoms with van der Waals surface area (Å²) in [6, 6.07) is 5.15. The van der Waals surface area contributed by atoms with E-state index in [1.165, 1.54) is 0 Å².